The number of hydrogen-bond donors (Lipinski definition) is 0. The first-order chi connectivity index (χ1) is 12.4. The molecule has 1 aromatic heterocycles. The lowest BCUT2D eigenvalue weighted by molar-refractivity contribution is -0.0532. The van der Waals surface area contributed by atoms with E-state index in [4.69, 9.17) is 4.74 Å². The van der Waals surface area contributed by atoms with E-state index in [9.17, 15) is 18.0 Å². The molecule has 1 unspecified atom stereocenters. The summed E-state index contributed by atoms with van der Waals surface area (Å²) in [6, 6.07) is 9.03. The van der Waals surface area contributed by atoms with E-state index < -0.39 is 24.1 Å². The lowest BCUT2D eigenvalue weighted by atomic mass is 10.0. The molecule has 3 rings (SSSR count). The van der Waals surface area contributed by atoms with Crippen LogP contribution >= 0.6 is 0 Å². The number of halogens is 3. The monoisotopic (exact) mass is 369 g/mol. The van der Waals surface area contributed by atoms with Gasteiger partial charge in [-0.15, -0.1) is 0 Å². The number of carbonyl (C=O) groups is 1. The van der Waals surface area contributed by atoms with Crippen molar-refractivity contribution >= 4 is 5.78 Å². The van der Waals surface area contributed by atoms with E-state index >= 15 is 0 Å². The maximum Gasteiger partial charge on any atom is 0.388 e. The van der Waals surface area contributed by atoms with E-state index in [0.29, 0.717) is 12.1 Å². The number of carbonyl (C=O) groups excluding carboxylic acids is 1. The third kappa shape index (κ3) is 6.06. The van der Waals surface area contributed by atoms with Crippen molar-refractivity contribution in [1.82, 2.24) is 4.98 Å². The molecule has 4 nitrogen and oxygen atoms in total. The number of Topliss-reactive ketones (excluding diaryl/α,β-unsaturated/α-hetero) is 1. The predicted octanol–water partition coefficient (Wildman–Crippen LogP) is 5.23. The minimum Gasteiger partial charge on any atom is -0.493 e. The van der Waals surface area contributed by atoms with E-state index in [1.807, 2.05) is 26.0 Å². The molecule has 0 aliphatic carbocycles. The minimum absolute atomic E-state index is 0.301. The van der Waals surface area contributed by atoms with Gasteiger partial charge in [-0.3, -0.25) is 4.79 Å². The van der Waals surface area contributed by atoms with Gasteiger partial charge in [-0.1, -0.05) is 39.0 Å². The largest absolute Gasteiger partial charge is 0.493 e. The lowest BCUT2D eigenvalue weighted by Gasteiger charge is -2.06. The fraction of sp³-hybridized carbons (Fsp3) is 0.368. The van der Waals surface area contributed by atoms with Gasteiger partial charge in [0, 0.05) is 11.5 Å². The highest BCUT2D eigenvalue weighted by Crippen LogP contribution is 2.32. The number of ether oxygens (including phenoxy) is 2. The van der Waals surface area contributed by atoms with Gasteiger partial charge in [0.25, 0.3) is 0 Å². The Morgan fingerprint density at radius 1 is 1.31 bits per heavy atom. The Balaban J connectivity index is 0.000000246. The second-order valence-corrected chi connectivity index (χ2v) is 5.19. The third-order valence-electron chi connectivity index (χ3n) is 3.34. The van der Waals surface area contributed by atoms with E-state index in [1.54, 1.807) is 0 Å². The van der Waals surface area contributed by atoms with Gasteiger partial charge in [-0.05, 0) is 19.1 Å². The molecule has 0 spiro atoms. The molecule has 142 valence electrons. The van der Waals surface area contributed by atoms with Gasteiger partial charge in [-0.25, -0.2) is 9.37 Å². The SMILES string of the molecule is CC.CC(=O)c1cc(F)cnc1OC(F)F.CC1COc2ccccc21. The van der Waals surface area contributed by atoms with Crippen molar-refractivity contribution in [1.29, 1.82) is 0 Å². The van der Waals surface area contributed by atoms with Crippen molar-refractivity contribution in [2.75, 3.05) is 6.61 Å². The van der Waals surface area contributed by atoms with Crippen LogP contribution in [0.5, 0.6) is 11.6 Å². The van der Waals surface area contributed by atoms with Gasteiger partial charge < -0.3 is 9.47 Å². The first kappa shape index (κ1) is 21.5. The van der Waals surface area contributed by atoms with Crippen molar-refractivity contribution in [3.05, 3.63) is 53.5 Å². The molecule has 26 heavy (non-hydrogen) atoms. The molecule has 2 heterocycles. The minimum atomic E-state index is -3.09. The molecule has 1 aliphatic rings. The van der Waals surface area contributed by atoms with Crippen LogP contribution in [0.15, 0.2) is 36.5 Å². The number of pyridine rings is 1. The van der Waals surface area contributed by atoms with Crippen LogP contribution in [0.3, 0.4) is 0 Å². The molecule has 0 amide bonds. The molecule has 0 saturated heterocycles. The number of alkyl halides is 2. The Morgan fingerprint density at radius 2 is 1.96 bits per heavy atom. The number of rotatable bonds is 3. The summed E-state index contributed by atoms with van der Waals surface area (Å²) in [7, 11) is 0. The number of hydrogen-bond acceptors (Lipinski definition) is 4. The predicted molar refractivity (Wildman–Crippen MR) is 92.5 cm³/mol. The van der Waals surface area contributed by atoms with Gasteiger partial charge >= 0.3 is 6.61 Å². The first-order valence-corrected chi connectivity index (χ1v) is 8.21. The summed E-state index contributed by atoms with van der Waals surface area (Å²) >= 11 is 0. The second kappa shape index (κ2) is 10.4. The first-order valence-electron chi connectivity index (χ1n) is 8.21. The molecule has 0 N–H and O–H groups in total. The zero-order chi connectivity index (χ0) is 19.7. The highest BCUT2D eigenvalue weighted by molar-refractivity contribution is 5.96. The Kier molecular flexibility index (Phi) is 8.61. The Labute approximate surface area is 151 Å². The van der Waals surface area contributed by atoms with Gasteiger partial charge in [0.2, 0.25) is 5.88 Å². The van der Waals surface area contributed by atoms with Crippen LogP contribution in [0.4, 0.5) is 13.2 Å². The van der Waals surface area contributed by atoms with Crippen LogP contribution in [0.25, 0.3) is 0 Å². The van der Waals surface area contributed by atoms with Gasteiger partial charge in [0.1, 0.15) is 11.6 Å². The molecular weight excluding hydrogens is 347 g/mol. The average molecular weight is 369 g/mol. The summed E-state index contributed by atoms with van der Waals surface area (Å²) in [6.45, 7) is 5.05. The average Bonchev–Trinajstić information content (AvgIpc) is 3.00. The highest BCUT2D eigenvalue weighted by atomic mass is 19.3. The van der Waals surface area contributed by atoms with Crippen LogP contribution in [0, 0.1) is 5.82 Å². The highest BCUT2D eigenvalue weighted by Gasteiger charge is 2.18. The third-order valence-corrected chi connectivity index (χ3v) is 3.34. The van der Waals surface area contributed by atoms with Crippen LogP contribution < -0.4 is 9.47 Å². The van der Waals surface area contributed by atoms with Crippen molar-refractivity contribution in [2.45, 2.75) is 40.2 Å². The van der Waals surface area contributed by atoms with Crippen molar-refractivity contribution in [3.63, 3.8) is 0 Å². The second-order valence-electron chi connectivity index (χ2n) is 5.19. The molecular formula is C19H22F3NO3. The number of nitrogens with zero attached hydrogens (tertiary/aromatic N) is 1. The lowest BCUT2D eigenvalue weighted by Crippen LogP contribution is -2.08. The van der Waals surface area contributed by atoms with Crippen LogP contribution in [0.2, 0.25) is 0 Å². The molecule has 0 radical (unpaired) electrons. The van der Waals surface area contributed by atoms with Crippen molar-refractivity contribution < 1.29 is 27.4 Å². The van der Waals surface area contributed by atoms with Crippen LogP contribution in [-0.4, -0.2) is 24.0 Å². The number of benzene rings is 1. The zero-order valence-electron chi connectivity index (χ0n) is 15.1. The van der Waals surface area contributed by atoms with Gasteiger partial charge in [0.15, 0.2) is 5.78 Å². The van der Waals surface area contributed by atoms with Crippen molar-refractivity contribution in [3.8, 4) is 11.6 Å². The Bertz CT molecular complexity index is 723. The quantitative estimate of drug-likeness (QED) is 0.695. The number of ketones is 1. The topological polar surface area (TPSA) is 48.4 Å². The van der Waals surface area contributed by atoms with Crippen molar-refractivity contribution in [2.24, 2.45) is 0 Å². The van der Waals surface area contributed by atoms with E-state index in [-0.39, 0.29) is 5.56 Å². The fourth-order valence-corrected chi connectivity index (χ4v) is 2.18. The van der Waals surface area contributed by atoms with Gasteiger partial charge in [-0.2, -0.15) is 8.78 Å². The van der Waals surface area contributed by atoms with Crippen LogP contribution in [0.1, 0.15) is 49.5 Å². The normalized spacial score (nSPS) is 14.2. The molecule has 1 aromatic carbocycles. The van der Waals surface area contributed by atoms with E-state index in [0.717, 1.165) is 25.3 Å². The summed E-state index contributed by atoms with van der Waals surface area (Å²) in [5.74, 6) is -0.287. The molecule has 2 aromatic rings. The van der Waals surface area contributed by atoms with E-state index in [2.05, 4.69) is 28.8 Å². The molecule has 0 fully saturated rings. The van der Waals surface area contributed by atoms with Crippen LogP contribution in [-0.2, 0) is 0 Å². The molecule has 7 heteroatoms. The maximum atomic E-state index is 12.6. The molecule has 0 saturated carbocycles. The summed E-state index contributed by atoms with van der Waals surface area (Å²) in [5.41, 5.74) is 1.05. The summed E-state index contributed by atoms with van der Waals surface area (Å²) in [4.78, 5) is 14.1. The summed E-state index contributed by atoms with van der Waals surface area (Å²) < 4.78 is 45.5. The number of aromatic nitrogens is 1. The fourth-order valence-electron chi connectivity index (χ4n) is 2.18. The Hall–Kier alpha value is -2.57. The number of para-hydroxylation sites is 1. The maximum absolute atomic E-state index is 12.6. The molecule has 0 bridgehead atoms. The Morgan fingerprint density at radius 3 is 2.54 bits per heavy atom. The standard InChI is InChI=1S/C9H10O.C8H6F3NO2.C2H6/c1-7-6-10-9-5-3-2-4-8(7)9;1-4(13)6-2-5(9)3-12-7(6)14-8(10)11;1-2/h2-5,7H,6H2,1H3;2-3,8H,1H3;1-2H3. The molecule has 1 atom stereocenters. The van der Waals surface area contributed by atoms with Gasteiger partial charge in [0.05, 0.1) is 18.4 Å². The molecule has 1 aliphatic heterocycles. The summed E-state index contributed by atoms with van der Waals surface area (Å²) in [6.07, 6.45) is 0.699. The zero-order valence-corrected chi connectivity index (χ0v) is 15.1. The number of fused-ring (bicyclic) bond motifs is 1. The summed E-state index contributed by atoms with van der Waals surface area (Å²) in [5, 5.41) is 0. The smallest absolute Gasteiger partial charge is 0.388 e. The van der Waals surface area contributed by atoms with E-state index in [1.165, 1.54) is 5.56 Å².